The first kappa shape index (κ1) is 16.7. The lowest BCUT2D eigenvalue weighted by molar-refractivity contribution is -0.119. The number of morpholine rings is 1. The molecule has 1 aromatic carbocycles. The van der Waals surface area contributed by atoms with Crippen molar-refractivity contribution in [1.29, 1.82) is 0 Å². The number of halogens is 1. The Balaban J connectivity index is 1.97. The number of amides is 2. The quantitative estimate of drug-likeness (QED) is 0.860. The van der Waals surface area contributed by atoms with Gasteiger partial charge in [-0.15, -0.1) is 0 Å². The van der Waals surface area contributed by atoms with Crippen LogP contribution < -0.4 is 5.73 Å². The Morgan fingerprint density at radius 1 is 1.45 bits per heavy atom. The van der Waals surface area contributed by atoms with E-state index in [1.807, 2.05) is 0 Å². The summed E-state index contributed by atoms with van der Waals surface area (Å²) < 4.78 is 5.66. The highest BCUT2D eigenvalue weighted by Crippen LogP contribution is 2.18. The number of carbonyl (C=O) groups excluding carboxylic acids is 2. The van der Waals surface area contributed by atoms with Crippen LogP contribution in [0.3, 0.4) is 0 Å². The van der Waals surface area contributed by atoms with Crippen LogP contribution in [-0.2, 0) is 9.53 Å². The fraction of sp³-hybridized carbons (Fsp3) is 0.467. The Morgan fingerprint density at radius 3 is 2.86 bits per heavy atom. The second-order valence-corrected chi connectivity index (χ2v) is 5.79. The van der Waals surface area contributed by atoms with Crippen LogP contribution >= 0.6 is 11.6 Å². The second-order valence-electron chi connectivity index (χ2n) is 5.39. The Bertz CT molecular complexity index is 553. The molecular weight excluding hydrogens is 306 g/mol. The number of benzene rings is 1. The Hall–Kier alpha value is -1.63. The normalized spacial score (nSPS) is 18.5. The minimum Gasteiger partial charge on any atom is -0.373 e. The molecule has 6 nitrogen and oxygen atoms in total. The molecule has 0 radical (unpaired) electrons. The van der Waals surface area contributed by atoms with E-state index in [-0.39, 0.29) is 24.5 Å². The van der Waals surface area contributed by atoms with Crippen molar-refractivity contribution in [2.24, 2.45) is 5.73 Å². The van der Waals surface area contributed by atoms with Crippen molar-refractivity contribution in [2.45, 2.75) is 6.10 Å². The van der Waals surface area contributed by atoms with Gasteiger partial charge in [0.05, 0.1) is 29.8 Å². The average Bonchev–Trinajstić information content (AvgIpc) is 2.46. The Labute approximate surface area is 134 Å². The van der Waals surface area contributed by atoms with Crippen molar-refractivity contribution in [3.63, 3.8) is 0 Å². The van der Waals surface area contributed by atoms with Crippen molar-refractivity contribution >= 4 is 23.4 Å². The van der Waals surface area contributed by atoms with Crippen LogP contribution in [-0.4, -0.2) is 67.6 Å². The summed E-state index contributed by atoms with van der Waals surface area (Å²) in [4.78, 5) is 27.0. The fourth-order valence-corrected chi connectivity index (χ4v) is 2.71. The highest BCUT2D eigenvalue weighted by molar-refractivity contribution is 6.33. The SMILES string of the molecule is CN(CC(N)=O)C[C@@H]1CN(C(=O)c2ccccc2Cl)CCO1. The summed E-state index contributed by atoms with van der Waals surface area (Å²) in [5, 5.41) is 0.446. The number of hydrogen-bond donors (Lipinski definition) is 1. The molecule has 1 heterocycles. The highest BCUT2D eigenvalue weighted by atomic mass is 35.5. The van der Waals surface area contributed by atoms with E-state index in [9.17, 15) is 9.59 Å². The summed E-state index contributed by atoms with van der Waals surface area (Å²) in [6.45, 7) is 2.16. The van der Waals surface area contributed by atoms with Gasteiger partial charge in [0.1, 0.15) is 0 Å². The molecule has 1 aromatic rings. The molecule has 0 aromatic heterocycles. The van der Waals surface area contributed by atoms with Crippen LogP contribution in [0.1, 0.15) is 10.4 Å². The van der Waals surface area contributed by atoms with Gasteiger partial charge in [0.2, 0.25) is 5.91 Å². The summed E-state index contributed by atoms with van der Waals surface area (Å²) in [7, 11) is 1.79. The van der Waals surface area contributed by atoms with E-state index in [4.69, 9.17) is 22.1 Å². The summed E-state index contributed by atoms with van der Waals surface area (Å²) >= 11 is 6.08. The summed E-state index contributed by atoms with van der Waals surface area (Å²) in [5.41, 5.74) is 5.66. The number of primary amides is 1. The van der Waals surface area contributed by atoms with Crippen LogP contribution in [0.25, 0.3) is 0 Å². The third-order valence-electron chi connectivity index (χ3n) is 3.47. The van der Waals surface area contributed by atoms with Crippen molar-refractivity contribution in [3.05, 3.63) is 34.9 Å². The molecule has 2 rings (SSSR count). The van der Waals surface area contributed by atoms with E-state index in [1.165, 1.54) is 0 Å². The molecule has 0 aliphatic carbocycles. The third-order valence-corrected chi connectivity index (χ3v) is 3.80. The van der Waals surface area contributed by atoms with Crippen molar-refractivity contribution in [1.82, 2.24) is 9.80 Å². The van der Waals surface area contributed by atoms with Gasteiger partial charge in [0, 0.05) is 19.6 Å². The molecule has 1 fully saturated rings. The fourth-order valence-electron chi connectivity index (χ4n) is 2.50. The molecule has 1 aliphatic rings. The number of nitrogens with zero attached hydrogens (tertiary/aromatic N) is 2. The monoisotopic (exact) mass is 325 g/mol. The molecule has 120 valence electrons. The third kappa shape index (κ3) is 4.43. The lowest BCUT2D eigenvalue weighted by Crippen LogP contribution is -2.50. The van der Waals surface area contributed by atoms with E-state index in [2.05, 4.69) is 0 Å². The number of hydrogen-bond acceptors (Lipinski definition) is 4. The van der Waals surface area contributed by atoms with Crippen LogP contribution in [0.4, 0.5) is 0 Å². The smallest absolute Gasteiger partial charge is 0.255 e. The molecule has 0 saturated carbocycles. The van der Waals surface area contributed by atoms with Gasteiger partial charge in [-0.05, 0) is 19.2 Å². The number of nitrogens with two attached hydrogens (primary N) is 1. The van der Waals surface area contributed by atoms with E-state index in [1.54, 1.807) is 41.1 Å². The number of ether oxygens (including phenoxy) is 1. The first-order valence-corrected chi connectivity index (χ1v) is 7.47. The first-order chi connectivity index (χ1) is 10.5. The summed E-state index contributed by atoms with van der Waals surface area (Å²) in [6, 6.07) is 7.00. The number of likely N-dealkylation sites (N-methyl/N-ethyl adjacent to an activating group) is 1. The topological polar surface area (TPSA) is 75.9 Å². The average molecular weight is 326 g/mol. The molecule has 7 heteroatoms. The molecule has 2 N–H and O–H groups in total. The van der Waals surface area contributed by atoms with Gasteiger partial charge in [-0.2, -0.15) is 0 Å². The van der Waals surface area contributed by atoms with Gasteiger partial charge in [-0.25, -0.2) is 0 Å². The highest BCUT2D eigenvalue weighted by Gasteiger charge is 2.26. The molecule has 2 amide bonds. The van der Waals surface area contributed by atoms with E-state index in [0.717, 1.165) is 0 Å². The maximum absolute atomic E-state index is 12.5. The molecule has 0 bridgehead atoms. The maximum Gasteiger partial charge on any atom is 0.255 e. The molecule has 1 saturated heterocycles. The minimum atomic E-state index is -0.387. The predicted octanol–water partition coefficient (Wildman–Crippen LogP) is 0.598. The van der Waals surface area contributed by atoms with Crippen LogP contribution in [0, 0.1) is 0 Å². The lowest BCUT2D eigenvalue weighted by Gasteiger charge is -2.34. The van der Waals surface area contributed by atoms with Crippen LogP contribution in [0.2, 0.25) is 5.02 Å². The Morgan fingerprint density at radius 2 is 2.18 bits per heavy atom. The standard InChI is InChI=1S/C15H20ClN3O3/c1-18(10-14(17)20)8-11-9-19(6-7-22-11)15(21)12-4-2-3-5-13(12)16/h2-5,11H,6-10H2,1H3,(H2,17,20)/t11-/m1/s1. The molecule has 0 unspecified atom stereocenters. The zero-order chi connectivity index (χ0) is 16.1. The predicted molar refractivity (Wildman–Crippen MR) is 83.8 cm³/mol. The zero-order valence-electron chi connectivity index (χ0n) is 12.5. The molecular formula is C15H20ClN3O3. The maximum atomic E-state index is 12.5. The first-order valence-electron chi connectivity index (χ1n) is 7.09. The largest absolute Gasteiger partial charge is 0.373 e. The van der Waals surface area contributed by atoms with Crippen molar-refractivity contribution < 1.29 is 14.3 Å². The summed E-state index contributed by atoms with van der Waals surface area (Å²) in [6.07, 6.45) is -0.149. The molecule has 22 heavy (non-hydrogen) atoms. The second kappa shape index (κ2) is 7.58. The number of carbonyl (C=O) groups is 2. The van der Waals surface area contributed by atoms with Crippen molar-refractivity contribution in [3.8, 4) is 0 Å². The molecule has 1 atom stereocenters. The van der Waals surface area contributed by atoms with Crippen LogP contribution in [0.15, 0.2) is 24.3 Å². The zero-order valence-corrected chi connectivity index (χ0v) is 13.3. The number of rotatable bonds is 5. The van der Waals surface area contributed by atoms with Crippen LogP contribution in [0.5, 0.6) is 0 Å². The van der Waals surface area contributed by atoms with Gasteiger partial charge in [-0.1, -0.05) is 23.7 Å². The van der Waals surface area contributed by atoms with E-state index < -0.39 is 0 Å². The molecule has 1 aliphatic heterocycles. The lowest BCUT2D eigenvalue weighted by atomic mass is 10.1. The van der Waals surface area contributed by atoms with Gasteiger partial charge in [0.25, 0.3) is 5.91 Å². The molecule has 0 spiro atoms. The van der Waals surface area contributed by atoms with Gasteiger partial charge in [-0.3, -0.25) is 14.5 Å². The van der Waals surface area contributed by atoms with Gasteiger partial charge >= 0.3 is 0 Å². The minimum absolute atomic E-state index is 0.101. The van der Waals surface area contributed by atoms with E-state index >= 15 is 0 Å². The Kier molecular flexibility index (Phi) is 5.76. The van der Waals surface area contributed by atoms with Gasteiger partial charge in [0.15, 0.2) is 0 Å². The van der Waals surface area contributed by atoms with Gasteiger partial charge < -0.3 is 15.4 Å². The van der Waals surface area contributed by atoms with E-state index in [0.29, 0.717) is 36.8 Å². The summed E-state index contributed by atoms with van der Waals surface area (Å²) in [5.74, 6) is -0.487. The van der Waals surface area contributed by atoms with Crippen molar-refractivity contribution in [2.75, 3.05) is 39.8 Å².